The Hall–Kier alpha value is -1.02. The first-order valence-corrected chi connectivity index (χ1v) is 4.35. The Bertz CT molecular complexity index is 293. The largest absolute Gasteiger partial charge is 0.378 e. The number of carbonyl (C=O) groups is 1. The maximum atomic E-state index is 10.8. The van der Waals surface area contributed by atoms with E-state index in [1.165, 1.54) is 0 Å². The SMILES string of the molecule is CC(=O)Cc1ccc(N(C)C)cc1.Cl. The van der Waals surface area contributed by atoms with Gasteiger partial charge in [0, 0.05) is 26.2 Å². The second-order valence-electron chi connectivity index (χ2n) is 3.44. The van der Waals surface area contributed by atoms with E-state index in [-0.39, 0.29) is 18.2 Å². The van der Waals surface area contributed by atoms with Crippen LogP contribution in [0.25, 0.3) is 0 Å². The van der Waals surface area contributed by atoms with Crippen molar-refractivity contribution < 1.29 is 4.79 Å². The number of ketones is 1. The van der Waals surface area contributed by atoms with E-state index in [0.29, 0.717) is 6.42 Å². The number of hydrogen-bond acceptors (Lipinski definition) is 2. The molecule has 1 aromatic carbocycles. The fourth-order valence-corrected chi connectivity index (χ4v) is 1.20. The van der Waals surface area contributed by atoms with Crippen LogP contribution in [0.2, 0.25) is 0 Å². The van der Waals surface area contributed by atoms with Gasteiger partial charge in [-0.3, -0.25) is 4.79 Å². The third kappa shape index (κ3) is 3.79. The quantitative estimate of drug-likeness (QED) is 0.768. The zero-order valence-electron chi connectivity index (χ0n) is 8.78. The molecule has 0 fully saturated rings. The summed E-state index contributed by atoms with van der Waals surface area (Å²) in [5.41, 5.74) is 2.24. The Morgan fingerprint density at radius 1 is 1.21 bits per heavy atom. The molecule has 0 radical (unpaired) electrons. The van der Waals surface area contributed by atoms with Crippen LogP contribution >= 0.6 is 12.4 Å². The molecule has 0 unspecified atom stereocenters. The van der Waals surface area contributed by atoms with Gasteiger partial charge >= 0.3 is 0 Å². The molecular weight excluding hydrogens is 198 g/mol. The molecule has 0 saturated heterocycles. The minimum atomic E-state index is 0. The lowest BCUT2D eigenvalue weighted by molar-refractivity contribution is -0.116. The minimum absolute atomic E-state index is 0. The van der Waals surface area contributed by atoms with Crippen molar-refractivity contribution in [3.63, 3.8) is 0 Å². The minimum Gasteiger partial charge on any atom is -0.378 e. The van der Waals surface area contributed by atoms with Gasteiger partial charge in [-0.15, -0.1) is 12.4 Å². The molecule has 0 aliphatic carbocycles. The van der Waals surface area contributed by atoms with Gasteiger partial charge in [-0.25, -0.2) is 0 Å². The van der Waals surface area contributed by atoms with Crippen LogP contribution in [0.4, 0.5) is 5.69 Å². The normalized spacial score (nSPS) is 9.07. The highest BCUT2D eigenvalue weighted by Crippen LogP contribution is 2.12. The van der Waals surface area contributed by atoms with Gasteiger partial charge in [0.15, 0.2) is 0 Å². The van der Waals surface area contributed by atoms with Gasteiger partial charge in [0.05, 0.1) is 0 Å². The number of benzene rings is 1. The summed E-state index contributed by atoms with van der Waals surface area (Å²) in [5.74, 6) is 0.206. The van der Waals surface area contributed by atoms with Gasteiger partial charge in [-0.2, -0.15) is 0 Å². The van der Waals surface area contributed by atoms with Gasteiger partial charge in [0.2, 0.25) is 0 Å². The summed E-state index contributed by atoms with van der Waals surface area (Å²) in [4.78, 5) is 12.9. The molecule has 3 heteroatoms. The lowest BCUT2D eigenvalue weighted by Crippen LogP contribution is -2.08. The first-order valence-electron chi connectivity index (χ1n) is 4.35. The van der Waals surface area contributed by atoms with Crippen LogP contribution in [0.1, 0.15) is 12.5 Å². The van der Waals surface area contributed by atoms with Crippen molar-refractivity contribution in [2.24, 2.45) is 0 Å². The van der Waals surface area contributed by atoms with E-state index in [2.05, 4.69) is 0 Å². The number of anilines is 1. The molecule has 1 rings (SSSR count). The van der Waals surface area contributed by atoms with Gasteiger partial charge in [-0.05, 0) is 24.6 Å². The lowest BCUT2D eigenvalue weighted by atomic mass is 10.1. The smallest absolute Gasteiger partial charge is 0.134 e. The summed E-state index contributed by atoms with van der Waals surface area (Å²) in [6.07, 6.45) is 0.535. The number of Topliss-reactive ketones (excluding diaryl/α,β-unsaturated/α-hetero) is 1. The highest BCUT2D eigenvalue weighted by atomic mass is 35.5. The van der Waals surface area contributed by atoms with Gasteiger partial charge in [0.25, 0.3) is 0 Å². The number of nitrogens with zero attached hydrogens (tertiary/aromatic N) is 1. The molecule has 0 atom stereocenters. The summed E-state index contributed by atoms with van der Waals surface area (Å²) in [5, 5.41) is 0. The number of halogens is 1. The molecule has 2 nitrogen and oxygen atoms in total. The van der Waals surface area contributed by atoms with Gasteiger partial charge in [0.1, 0.15) is 5.78 Å². The Labute approximate surface area is 91.3 Å². The Morgan fingerprint density at radius 3 is 2.07 bits per heavy atom. The van der Waals surface area contributed by atoms with Crippen molar-refractivity contribution in [1.82, 2.24) is 0 Å². The summed E-state index contributed by atoms with van der Waals surface area (Å²) in [6, 6.07) is 8.05. The molecule has 0 spiro atoms. The molecule has 1 aromatic rings. The maximum Gasteiger partial charge on any atom is 0.134 e. The van der Waals surface area contributed by atoms with Crippen LogP contribution in [0.3, 0.4) is 0 Å². The molecule has 0 heterocycles. The van der Waals surface area contributed by atoms with E-state index in [4.69, 9.17) is 0 Å². The topological polar surface area (TPSA) is 20.3 Å². The van der Waals surface area contributed by atoms with E-state index in [1.807, 2.05) is 43.3 Å². The third-order valence-corrected chi connectivity index (χ3v) is 1.91. The number of hydrogen-bond donors (Lipinski definition) is 0. The van der Waals surface area contributed by atoms with Crippen molar-refractivity contribution in [1.29, 1.82) is 0 Å². The van der Waals surface area contributed by atoms with Gasteiger partial charge in [-0.1, -0.05) is 12.1 Å². The zero-order valence-corrected chi connectivity index (χ0v) is 9.60. The summed E-state index contributed by atoms with van der Waals surface area (Å²) >= 11 is 0. The molecule has 0 amide bonds. The van der Waals surface area contributed by atoms with Crippen molar-refractivity contribution in [2.45, 2.75) is 13.3 Å². The van der Waals surface area contributed by atoms with E-state index in [0.717, 1.165) is 11.3 Å². The van der Waals surface area contributed by atoms with E-state index < -0.39 is 0 Å². The molecule has 14 heavy (non-hydrogen) atoms. The van der Waals surface area contributed by atoms with Crippen LogP contribution in [-0.2, 0) is 11.2 Å². The van der Waals surface area contributed by atoms with Crippen LogP contribution in [-0.4, -0.2) is 19.9 Å². The van der Waals surface area contributed by atoms with Crippen LogP contribution in [0.15, 0.2) is 24.3 Å². The first kappa shape index (κ1) is 13.0. The number of rotatable bonds is 3. The Kier molecular flexibility index (Phi) is 5.24. The van der Waals surface area contributed by atoms with E-state index in [1.54, 1.807) is 6.92 Å². The maximum absolute atomic E-state index is 10.8. The first-order chi connectivity index (χ1) is 6.09. The van der Waals surface area contributed by atoms with Crippen molar-refractivity contribution in [2.75, 3.05) is 19.0 Å². The highest BCUT2D eigenvalue weighted by molar-refractivity contribution is 5.85. The summed E-state index contributed by atoms with van der Waals surface area (Å²) in [6.45, 7) is 1.61. The fourth-order valence-electron chi connectivity index (χ4n) is 1.20. The second kappa shape index (κ2) is 5.66. The van der Waals surface area contributed by atoms with Crippen molar-refractivity contribution >= 4 is 23.9 Å². The third-order valence-electron chi connectivity index (χ3n) is 1.91. The van der Waals surface area contributed by atoms with Gasteiger partial charge < -0.3 is 4.90 Å². The van der Waals surface area contributed by atoms with Crippen molar-refractivity contribution in [3.8, 4) is 0 Å². The predicted molar refractivity (Wildman–Crippen MR) is 62.4 cm³/mol. The lowest BCUT2D eigenvalue weighted by Gasteiger charge is -2.12. The molecular formula is C11H16ClNO. The molecule has 0 N–H and O–H groups in total. The molecule has 0 aliphatic rings. The summed E-state index contributed by atoms with van der Waals surface area (Å²) < 4.78 is 0. The van der Waals surface area contributed by atoms with Crippen LogP contribution in [0.5, 0.6) is 0 Å². The second-order valence-corrected chi connectivity index (χ2v) is 3.44. The molecule has 0 aromatic heterocycles. The monoisotopic (exact) mass is 213 g/mol. The number of carbonyl (C=O) groups excluding carboxylic acids is 1. The Morgan fingerprint density at radius 2 is 1.71 bits per heavy atom. The highest BCUT2D eigenvalue weighted by Gasteiger charge is 1.98. The molecule has 0 bridgehead atoms. The molecule has 0 saturated carbocycles. The average molecular weight is 214 g/mol. The predicted octanol–water partition coefficient (Wildman–Crippen LogP) is 2.31. The van der Waals surface area contributed by atoms with E-state index in [9.17, 15) is 4.79 Å². The average Bonchev–Trinajstić information content (AvgIpc) is 2.04. The van der Waals surface area contributed by atoms with E-state index >= 15 is 0 Å². The molecule has 78 valence electrons. The van der Waals surface area contributed by atoms with Crippen LogP contribution < -0.4 is 4.90 Å². The zero-order chi connectivity index (χ0) is 9.84. The fraction of sp³-hybridized carbons (Fsp3) is 0.364. The summed E-state index contributed by atoms with van der Waals surface area (Å²) in [7, 11) is 4.00. The van der Waals surface area contributed by atoms with Crippen LogP contribution in [0, 0.1) is 0 Å². The molecule has 0 aliphatic heterocycles. The standard InChI is InChI=1S/C11H15NO.ClH/c1-9(13)8-10-4-6-11(7-5-10)12(2)3;/h4-7H,8H2,1-3H3;1H. The Balaban J connectivity index is 0.00000169. The van der Waals surface area contributed by atoms with Crippen molar-refractivity contribution in [3.05, 3.63) is 29.8 Å².